The molecule has 170 valence electrons. The van der Waals surface area contributed by atoms with E-state index >= 15 is 0 Å². The summed E-state index contributed by atoms with van der Waals surface area (Å²) in [6, 6.07) is 0. The molecular formula is C17H30O12. The lowest BCUT2D eigenvalue weighted by Gasteiger charge is -2.43. The minimum Gasteiger partial charge on any atom is -0.460 e. The van der Waals surface area contributed by atoms with Crippen molar-refractivity contribution in [1.29, 1.82) is 0 Å². The average Bonchev–Trinajstić information content (AvgIpc) is 2.96. The van der Waals surface area contributed by atoms with Crippen LogP contribution in [0.5, 0.6) is 0 Å². The molecule has 2 heterocycles. The van der Waals surface area contributed by atoms with Gasteiger partial charge in [-0.3, -0.25) is 4.79 Å². The van der Waals surface area contributed by atoms with Crippen molar-refractivity contribution < 1.29 is 59.5 Å². The number of ether oxygens (including phenoxy) is 4. The maximum atomic E-state index is 11.9. The summed E-state index contributed by atoms with van der Waals surface area (Å²) in [7, 11) is 0. The van der Waals surface area contributed by atoms with Gasteiger partial charge in [-0.2, -0.15) is 0 Å². The number of esters is 1. The molecule has 0 aromatic carbocycles. The maximum absolute atomic E-state index is 11.9. The monoisotopic (exact) mass is 426 g/mol. The lowest BCUT2D eigenvalue weighted by atomic mass is 9.99. The van der Waals surface area contributed by atoms with E-state index in [1.807, 2.05) is 6.92 Å². The minimum atomic E-state index is -2.23. The molecule has 2 aliphatic rings. The van der Waals surface area contributed by atoms with Gasteiger partial charge in [0.15, 0.2) is 6.29 Å². The quantitative estimate of drug-likeness (QED) is 0.179. The lowest BCUT2D eigenvalue weighted by molar-refractivity contribution is -0.383. The zero-order chi connectivity index (χ0) is 21.8. The Labute approximate surface area is 167 Å². The van der Waals surface area contributed by atoms with Crippen LogP contribution >= 0.6 is 0 Å². The Balaban J connectivity index is 2.20. The Kier molecular flexibility index (Phi) is 8.72. The fourth-order valence-corrected chi connectivity index (χ4v) is 3.19. The first kappa shape index (κ1) is 24.3. The van der Waals surface area contributed by atoms with Crippen molar-refractivity contribution in [3.8, 4) is 0 Å². The largest absolute Gasteiger partial charge is 0.460 e. The number of carbonyl (C=O) groups excluding carboxylic acids is 1. The zero-order valence-electron chi connectivity index (χ0n) is 16.0. The molecule has 9 atom stereocenters. The zero-order valence-corrected chi connectivity index (χ0v) is 16.0. The molecule has 2 fully saturated rings. The third kappa shape index (κ3) is 5.22. The van der Waals surface area contributed by atoms with Crippen LogP contribution < -0.4 is 0 Å². The van der Waals surface area contributed by atoms with Crippen LogP contribution in [0.15, 0.2) is 0 Å². The van der Waals surface area contributed by atoms with Crippen LogP contribution in [0.1, 0.15) is 26.2 Å². The van der Waals surface area contributed by atoms with Crippen molar-refractivity contribution in [2.24, 2.45) is 0 Å². The first-order valence-corrected chi connectivity index (χ1v) is 9.49. The third-order valence-electron chi connectivity index (χ3n) is 5.02. The summed E-state index contributed by atoms with van der Waals surface area (Å²) in [6.45, 7) is -0.237. The third-order valence-corrected chi connectivity index (χ3v) is 5.02. The summed E-state index contributed by atoms with van der Waals surface area (Å²) in [5.41, 5.74) is 0. The highest BCUT2D eigenvalue weighted by atomic mass is 16.8. The van der Waals surface area contributed by atoms with E-state index in [-0.39, 0.29) is 6.42 Å². The number of hydrogen-bond donors (Lipinski definition) is 7. The lowest BCUT2D eigenvalue weighted by Crippen LogP contribution is -2.62. The molecule has 0 aromatic rings. The molecule has 12 nitrogen and oxygen atoms in total. The Morgan fingerprint density at radius 2 is 1.62 bits per heavy atom. The molecule has 0 unspecified atom stereocenters. The molecule has 2 saturated heterocycles. The van der Waals surface area contributed by atoms with Crippen molar-refractivity contribution in [1.82, 2.24) is 0 Å². The Bertz CT molecular complexity index is 531. The standard InChI is InChI=1S/C17H30O12/c1-2-3-4-10(20)26-7-17(15(25)12(22)9(6-19)28-17)29-16-14(24)13(23)11(21)8(5-18)27-16/h8-9,11-16,18-19,21-25H,2-7H2,1H3/t8-,9-,11-,12+,13-,14-,15+,16+,17+/m1/s1. The van der Waals surface area contributed by atoms with Crippen LogP contribution in [0.25, 0.3) is 0 Å². The minimum absolute atomic E-state index is 0.0920. The molecule has 0 radical (unpaired) electrons. The highest BCUT2D eigenvalue weighted by Crippen LogP contribution is 2.36. The van der Waals surface area contributed by atoms with E-state index in [0.29, 0.717) is 6.42 Å². The highest BCUT2D eigenvalue weighted by Gasteiger charge is 2.59. The van der Waals surface area contributed by atoms with Crippen molar-refractivity contribution in [3.05, 3.63) is 0 Å². The Morgan fingerprint density at radius 1 is 0.966 bits per heavy atom. The molecule has 0 bridgehead atoms. The SMILES string of the molecule is CCCCC(=O)OC[C@@]1(O[C@@H]2O[C@H](CO)[C@@H](O)[C@@H](O)[C@H]2O)O[C@H](CO)[C@H](O)[C@@H]1O. The van der Waals surface area contributed by atoms with E-state index in [2.05, 4.69) is 0 Å². The summed E-state index contributed by atoms with van der Waals surface area (Å²) in [6.07, 6.45) is -11.5. The van der Waals surface area contributed by atoms with Crippen LogP contribution in [0.4, 0.5) is 0 Å². The first-order valence-electron chi connectivity index (χ1n) is 9.49. The van der Waals surface area contributed by atoms with Crippen molar-refractivity contribution >= 4 is 5.97 Å². The molecule has 0 saturated carbocycles. The number of aliphatic hydroxyl groups is 7. The average molecular weight is 426 g/mol. The maximum Gasteiger partial charge on any atom is 0.305 e. The molecule has 0 amide bonds. The van der Waals surface area contributed by atoms with E-state index in [4.69, 9.17) is 18.9 Å². The molecular weight excluding hydrogens is 396 g/mol. The van der Waals surface area contributed by atoms with Gasteiger partial charge in [-0.05, 0) is 6.42 Å². The second-order valence-corrected chi connectivity index (χ2v) is 7.17. The smallest absolute Gasteiger partial charge is 0.305 e. The Morgan fingerprint density at radius 3 is 2.17 bits per heavy atom. The molecule has 2 rings (SSSR count). The van der Waals surface area contributed by atoms with Gasteiger partial charge in [0, 0.05) is 6.42 Å². The Hall–Kier alpha value is -0.930. The number of rotatable bonds is 9. The fourth-order valence-electron chi connectivity index (χ4n) is 3.19. The van der Waals surface area contributed by atoms with Gasteiger partial charge in [0.2, 0.25) is 5.79 Å². The van der Waals surface area contributed by atoms with Crippen molar-refractivity contribution in [3.63, 3.8) is 0 Å². The van der Waals surface area contributed by atoms with E-state index < -0.39 is 80.6 Å². The summed E-state index contributed by atoms with van der Waals surface area (Å²) in [5, 5.41) is 69.1. The molecule has 12 heteroatoms. The van der Waals surface area contributed by atoms with Gasteiger partial charge in [0.25, 0.3) is 0 Å². The fraction of sp³-hybridized carbons (Fsp3) is 0.941. The summed E-state index contributed by atoms with van der Waals surface area (Å²) in [4.78, 5) is 11.9. The molecule has 29 heavy (non-hydrogen) atoms. The normalized spacial score (nSPS) is 42.8. The van der Waals surface area contributed by atoms with Crippen molar-refractivity contribution in [2.75, 3.05) is 19.8 Å². The van der Waals surface area contributed by atoms with Gasteiger partial charge in [0.1, 0.15) is 49.3 Å². The van der Waals surface area contributed by atoms with E-state index in [1.165, 1.54) is 0 Å². The predicted molar refractivity (Wildman–Crippen MR) is 92.0 cm³/mol. The summed E-state index contributed by atoms with van der Waals surface area (Å²) in [5.74, 6) is -2.86. The van der Waals surface area contributed by atoms with Crippen LogP contribution in [-0.2, 0) is 23.7 Å². The van der Waals surface area contributed by atoms with Gasteiger partial charge in [-0.1, -0.05) is 13.3 Å². The van der Waals surface area contributed by atoms with Crippen LogP contribution in [0.2, 0.25) is 0 Å². The van der Waals surface area contributed by atoms with Gasteiger partial charge in [-0.25, -0.2) is 0 Å². The molecule has 7 N–H and O–H groups in total. The number of hydrogen-bond acceptors (Lipinski definition) is 12. The van der Waals surface area contributed by atoms with E-state index in [1.54, 1.807) is 0 Å². The molecule has 0 aliphatic carbocycles. The second-order valence-electron chi connectivity index (χ2n) is 7.17. The van der Waals surface area contributed by atoms with Crippen LogP contribution in [0.3, 0.4) is 0 Å². The topological polar surface area (TPSA) is 196 Å². The highest BCUT2D eigenvalue weighted by molar-refractivity contribution is 5.69. The predicted octanol–water partition coefficient (Wildman–Crippen LogP) is -3.65. The van der Waals surface area contributed by atoms with Gasteiger partial charge < -0.3 is 54.7 Å². The van der Waals surface area contributed by atoms with E-state index in [9.17, 15) is 40.5 Å². The number of unbranched alkanes of at least 4 members (excludes halogenated alkanes) is 1. The second kappa shape index (κ2) is 10.4. The van der Waals surface area contributed by atoms with Gasteiger partial charge in [0.05, 0.1) is 13.2 Å². The van der Waals surface area contributed by atoms with E-state index in [0.717, 1.165) is 6.42 Å². The van der Waals surface area contributed by atoms with Gasteiger partial charge >= 0.3 is 5.97 Å². The van der Waals surface area contributed by atoms with Crippen LogP contribution in [0, 0.1) is 0 Å². The number of carbonyl (C=O) groups is 1. The van der Waals surface area contributed by atoms with Crippen molar-refractivity contribution in [2.45, 2.75) is 81.0 Å². The summed E-state index contributed by atoms with van der Waals surface area (Å²) < 4.78 is 21.2. The van der Waals surface area contributed by atoms with Crippen LogP contribution in [-0.4, -0.2) is 116 Å². The van der Waals surface area contributed by atoms with Gasteiger partial charge in [-0.15, -0.1) is 0 Å². The first-order chi connectivity index (χ1) is 13.7. The molecule has 0 spiro atoms. The molecule has 2 aliphatic heterocycles. The number of aliphatic hydroxyl groups excluding tert-OH is 7. The molecule has 0 aromatic heterocycles. The summed E-state index contributed by atoms with van der Waals surface area (Å²) >= 11 is 0.